The van der Waals surface area contributed by atoms with Crippen LogP contribution in [-0.4, -0.2) is 29.1 Å². The van der Waals surface area contributed by atoms with Crippen LogP contribution in [0.5, 0.6) is 0 Å². The standard InChI is InChI=1S/C22H25N5O2/c1-15-5-7-16(8-6-15)22-25-20(29-26-22)14-24-19-10-9-17(13-18(19)21(23)28)27-11-3-2-4-12-27/h5-10,13,24H,2-4,11-12,14H2,1H3,(H2,23,28). The van der Waals surface area contributed by atoms with Crippen molar-refractivity contribution in [3.8, 4) is 11.4 Å². The van der Waals surface area contributed by atoms with Crippen molar-refractivity contribution in [1.29, 1.82) is 0 Å². The number of benzene rings is 2. The molecule has 1 aliphatic heterocycles. The minimum absolute atomic E-state index is 0.308. The smallest absolute Gasteiger partial charge is 0.250 e. The number of nitrogens with one attached hydrogen (secondary N) is 1. The van der Waals surface area contributed by atoms with Crippen molar-refractivity contribution in [3.63, 3.8) is 0 Å². The summed E-state index contributed by atoms with van der Waals surface area (Å²) in [6.45, 7) is 4.36. The van der Waals surface area contributed by atoms with Crippen molar-refractivity contribution in [2.24, 2.45) is 5.73 Å². The van der Waals surface area contributed by atoms with E-state index in [4.69, 9.17) is 10.3 Å². The lowest BCUT2D eigenvalue weighted by Crippen LogP contribution is -2.29. The normalized spacial score (nSPS) is 14.0. The summed E-state index contributed by atoms with van der Waals surface area (Å²) in [4.78, 5) is 18.7. The second-order valence-electron chi connectivity index (χ2n) is 7.37. The summed E-state index contributed by atoms with van der Waals surface area (Å²) in [6, 6.07) is 13.7. The van der Waals surface area contributed by atoms with E-state index in [2.05, 4.69) is 20.4 Å². The Morgan fingerprint density at radius 3 is 2.62 bits per heavy atom. The number of anilines is 2. The van der Waals surface area contributed by atoms with Crippen LogP contribution in [0.4, 0.5) is 11.4 Å². The Kier molecular flexibility index (Phi) is 5.46. The number of nitrogens with zero attached hydrogens (tertiary/aromatic N) is 3. The summed E-state index contributed by atoms with van der Waals surface area (Å²) in [5.74, 6) is 0.519. The van der Waals surface area contributed by atoms with Gasteiger partial charge >= 0.3 is 0 Å². The number of hydrogen-bond donors (Lipinski definition) is 2. The lowest BCUT2D eigenvalue weighted by molar-refractivity contribution is 0.100. The molecule has 0 bridgehead atoms. The van der Waals surface area contributed by atoms with Gasteiger partial charge in [0.2, 0.25) is 11.7 Å². The summed E-state index contributed by atoms with van der Waals surface area (Å²) in [5, 5.41) is 7.24. The molecule has 2 heterocycles. The largest absolute Gasteiger partial charge is 0.375 e. The van der Waals surface area contributed by atoms with Crippen LogP contribution in [0.25, 0.3) is 11.4 Å². The molecule has 2 aromatic carbocycles. The van der Waals surface area contributed by atoms with Gasteiger partial charge in [0, 0.05) is 30.0 Å². The lowest BCUT2D eigenvalue weighted by atomic mass is 10.1. The number of hydrogen-bond acceptors (Lipinski definition) is 6. The average Bonchev–Trinajstić information content (AvgIpc) is 3.22. The molecule has 1 saturated heterocycles. The van der Waals surface area contributed by atoms with Gasteiger partial charge in [0.05, 0.1) is 12.1 Å². The van der Waals surface area contributed by atoms with Crippen LogP contribution in [0, 0.1) is 6.92 Å². The maximum absolute atomic E-state index is 12.0. The highest BCUT2D eigenvalue weighted by Crippen LogP contribution is 2.26. The SMILES string of the molecule is Cc1ccc(-c2noc(CNc3ccc(N4CCCCC4)cc3C(N)=O)n2)cc1. The highest BCUT2D eigenvalue weighted by Gasteiger charge is 2.16. The van der Waals surface area contributed by atoms with E-state index in [1.54, 1.807) is 0 Å². The molecule has 1 amide bonds. The molecule has 1 aliphatic rings. The molecule has 7 nitrogen and oxygen atoms in total. The zero-order valence-electron chi connectivity index (χ0n) is 16.5. The van der Waals surface area contributed by atoms with Crippen LogP contribution < -0.4 is 16.0 Å². The third-order valence-electron chi connectivity index (χ3n) is 5.20. The quantitative estimate of drug-likeness (QED) is 0.664. The number of aryl methyl sites for hydroxylation is 1. The second kappa shape index (κ2) is 8.34. The third-order valence-corrected chi connectivity index (χ3v) is 5.20. The van der Waals surface area contributed by atoms with Gasteiger partial charge in [-0.2, -0.15) is 4.98 Å². The van der Waals surface area contributed by atoms with Gasteiger partial charge in [0.25, 0.3) is 5.91 Å². The average molecular weight is 391 g/mol. The Morgan fingerprint density at radius 2 is 1.90 bits per heavy atom. The van der Waals surface area contributed by atoms with Crippen molar-refractivity contribution in [2.75, 3.05) is 23.3 Å². The van der Waals surface area contributed by atoms with Crippen LogP contribution in [0.3, 0.4) is 0 Å². The van der Waals surface area contributed by atoms with Gasteiger partial charge in [-0.25, -0.2) is 0 Å². The van der Waals surface area contributed by atoms with Crippen LogP contribution in [0.15, 0.2) is 47.0 Å². The number of carbonyl (C=O) groups is 1. The summed E-state index contributed by atoms with van der Waals surface area (Å²) in [7, 11) is 0. The number of carbonyl (C=O) groups excluding carboxylic acids is 1. The molecule has 0 spiro atoms. The van der Waals surface area contributed by atoms with E-state index in [-0.39, 0.29) is 0 Å². The van der Waals surface area contributed by atoms with Crippen molar-refractivity contribution in [3.05, 3.63) is 59.5 Å². The monoisotopic (exact) mass is 391 g/mol. The van der Waals surface area contributed by atoms with Crippen molar-refractivity contribution in [1.82, 2.24) is 10.1 Å². The van der Waals surface area contributed by atoms with E-state index in [1.165, 1.54) is 24.8 Å². The fourth-order valence-electron chi connectivity index (χ4n) is 3.56. The van der Waals surface area contributed by atoms with Gasteiger partial charge < -0.3 is 20.5 Å². The summed E-state index contributed by atoms with van der Waals surface area (Å²) < 4.78 is 5.34. The van der Waals surface area contributed by atoms with Gasteiger partial charge in [0.1, 0.15) is 0 Å². The predicted molar refractivity (Wildman–Crippen MR) is 113 cm³/mol. The fraction of sp³-hybridized carbons (Fsp3) is 0.318. The second-order valence-corrected chi connectivity index (χ2v) is 7.37. The van der Waals surface area contributed by atoms with Crippen molar-refractivity contribution < 1.29 is 9.32 Å². The summed E-state index contributed by atoms with van der Waals surface area (Å²) in [6.07, 6.45) is 3.60. The van der Waals surface area contributed by atoms with E-state index < -0.39 is 5.91 Å². The Balaban J connectivity index is 1.48. The third kappa shape index (κ3) is 4.39. The molecule has 3 N–H and O–H groups in total. The van der Waals surface area contributed by atoms with E-state index >= 15 is 0 Å². The predicted octanol–water partition coefficient (Wildman–Crippen LogP) is 3.75. The molecule has 7 heteroatoms. The number of rotatable bonds is 6. The topological polar surface area (TPSA) is 97.3 Å². The van der Waals surface area contributed by atoms with Gasteiger partial charge in [-0.3, -0.25) is 4.79 Å². The first-order valence-electron chi connectivity index (χ1n) is 9.92. The fourth-order valence-corrected chi connectivity index (χ4v) is 3.56. The molecule has 0 unspecified atom stereocenters. The Hall–Kier alpha value is -3.35. The first kappa shape index (κ1) is 19.0. The zero-order valence-corrected chi connectivity index (χ0v) is 16.5. The zero-order chi connectivity index (χ0) is 20.2. The number of nitrogens with two attached hydrogens (primary N) is 1. The molecular weight excluding hydrogens is 366 g/mol. The van der Waals surface area contributed by atoms with Crippen molar-refractivity contribution >= 4 is 17.3 Å². The van der Waals surface area contributed by atoms with Crippen LogP contribution >= 0.6 is 0 Å². The van der Waals surface area contributed by atoms with Crippen LogP contribution in [0.2, 0.25) is 0 Å². The molecule has 0 aliphatic carbocycles. The molecule has 1 aromatic heterocycles. The van der Waals surface area contributed by atoms with E-state index in [1.807, 2.05) is 49.4 Å². The van der Waals surface area contributed by atoms with E-state index in [0.29, 0.717) is 29.5 Å². The number of aromatic nitrogens is 2. The van der Waals surface area contributed by atoms with Crippen LogP contribution in [-0.2, 0) is 6.54 Å². The minimum atomic E-state index is -0.461. The molecule has 29 heavy (non-hydrogen) atoms. The molecule has 0 atom stereocenters. The van der Waals surface area contributed by atoms with Gasteiger partial charge in [-0.1, -0.05) is 35.0 Å². The van der Waals surface area contributed by atoms with Crippen molar-refractivity contribution in [2.45, 2.75) is 32.7 Å². The maximum atomic E-state index is 12.0. The first-order chi connectivity index (χ1) is 14.1. The van der Waals surface area contributed by atoms with Gasteiger partial charge in [0.15, 0.2) is 0 Å². The summed E-state index contributed by atoms with van der Waals surface area (Å²) >= 11 is 0. The molecule has 150 valence electrons. The minimum Gasteiger partial charge on any atom is -0.375 e. The highest BCUT2D eigenvalue weighted by atomic mass is 16.5. The molecule has 4 rings (SSSR count). The molecule has 0 saturated carbocycles. The summed E-state index contributed by atoms with van der Waals surface area (Å²) in [5.41, 5.74) is 9.85. The highest BCUT2D eigenvalue weighted by molar-refractivity contribution is 5.99. The van der Waals surface area contributed by atoms with Gasteiger partial charge in [-0.15, -0.1) is 0 Å². The molecule has 3 aromatic rings. The van der Waals surface area contributed by atoms with E-state index in [9.17, 15) is 4.79 Å². The molecular formula is C22H25N5O2. The Labute approximate surface area is 169 Å². The molecule has 1 fully saturated rings. The van der Waals surface area contributed by atoms with Crippen LogP contribution in [0.1, 0.15) is 41.1 Å². The number of piperidine rings is 1. The lowest BCUT2D eigenvalue weighted by Gasteiger charge is -2.29. The Morgan fingerprint density at radius 1 is 1.14 bits per heavy atom. The van der Waals surface area contributed by atoms with Gasteiger partial charge in [-0.05, 0) is 44.4 Å². The first-order valence-corrected chi connectivity index (χ1v) is 9.92. The number of primary amides is 1. The number of amides is 1. The Bertz CT molecular complexity index is 991. The van der Waals surface area contributed by atoms with E-state index in [0.717, 1.165) is 24.3 Å². The maximum Gasteiger partial charge on any atom is 0.250 e. The molecule has 0 radical (unpaired) electrons.